The highest BCUT2D eigenvalue weighted by atomic mass is 16.3. The molecule has 2 amide bonds. The van der Waals surface area contributed by atoms with Crippen LogP contribution in [0.3, 0.4) is 0 Å². The topological polar surface area (TPSA) is 79.2 Å². The van der Waals surface area contributed by atoms with Crippen molar-refractivity contribution in [3.63, 3.8) is 0 Å². The molecule has 6 nitrogen and oxygen atoms in total. The summed E-state index contributed by atoms with van der Waals surface area (Å²) in [5, 5.41) is 23.0. The van der Waals surface area contributed by atoms with Crippen LogP contribution in [0.5, 0.6) is 0 Å². The number of nitrogens with zero attached hydrogens (tertiary/aromatic N) is 2. The molecule has 3 aromatic carbocycles. The van der Waals surface area contributed by atoms with Crippen LogP contribution in [-0.4, -0.2) is 20.9 Å². The van der Waals surface area contributed by atoms with Gasteiger partial charge in [0.2, 0.25) is 0 Å². The Balaban J connectivity index is 1.67. The van der Waals surface area contributed by atoms with Crippen molar-refractivity contribution in [3.05, 3.63) is 84.1 Å². The number of amides is 2. The summed E-state index contributed by atoms with van der Waals surface area (Å²) in [5.41, 5.74) is 2.98. The second-order valence-electron chi connectivity index (χ2n) is 9.20. The molecule has 0 radical (unpaired) electrons. The fourth-order valence-corrected chi connectivity index (χ4v) is 3.74. The van der Waals surface area contributed by atoms with E-state index in [2.05, 4.69) is 31.4 Å². The monoisotopic (exact) mass is 442 g/mol. The molecular formula is C27H30N4O2. The van der Waals surface area contributed by atoms with Crippen molar-refractivity contribution in [3.8, 4) is 5.69 Å². The number of hydrogen-bond donors (Lipinski definition) is 3. The smallest absolute Gasteiger partial charge is 0.324 e. The Morgan fingerprint density at radius 2 is 1.73 bits per heavy atom. The van der Waals surface area contributed by atoms with E-state index in [0.717, 1.165) is 33.4 Å². The first-order valence-electron chi connectivity index (χ1n) is 11.2. The maximum absolute atomic E-state index is 13.0. The standard InChI is InChI=1S/C27H30N4O2/c1-5-23(32)19-12-8-13-20(16-19)31-25(17-24(30-31)27(2,3)4)29-26(33)28-22-15-9-11-18-10-6-7-14-21(18)22/h6-17,23,32H,5H2,1-4H3,(H2,28,29,33). The number of aliphatic hydroxyl groups is 1. The summed E-state index contributed by atoms with van der Waals surface area (Å²) < 4.78 is 1.72. The predicted octanol–water partition coefficient (Wildman–Crippen LogP) is 6.41. The Morgan fingerprint density at radius 3 is 2.48 bits per heavy atom. The van der Waals surface area contributed by atoms with Gasteiger partial charge < -0.3 is 10.4 Å². The molecule has 0 saturated heterocycles. The molecule has 1 unspecified atom stereocenters. The largest absolute Gasteiger partial charge is 0.388 e. The van der Waals surface area contributed by atoms with Gasteiger partial charge in [0.1, 0.15) is 5.82 Å². The summed E-state index contributed by atoms with van der Waals surface area (Å²) in [5.74, 6) is 0.556. The van der Waals surface area contributed by atoms with Gasteiger partial charge in [0.25, 0.3) is 0 Å². The summed E-state index contributed by atoms with van der Waals surface area (Å²) in [6.07, 6.45) is 0.0719. The maximum Gasteiger partial charge on any atom is 0.324 e. The number of fused-ring (bicyclic) bond motifs is 1. The zero-order valence-corrected chi connectivity index (χ0v) is 19.5. The number of carbonyl (C=O) groups is 1. The lowest BCUT2D eigenvalue weighted by Gasteiger charge is -2.14. The molecular weight excluding hydrogens is 412 g/mol. The first-order chi connectivity index (χ1) is 15.8. The van der Waals surface area contributed by atoms with Gasteiger partial charge in [-0.15, -0.1) is 0 Å². The minimum absolute atomic E-state index is 0.200. The van der Waals surface area contributed by atoms with Crippen molar-refractivity contribution < 1.29 is 9.90 Å². The number of aliphatic hydroxyl groups excluding tert-OH is 1. The molecule has 4 rings (SSSR count). The summed E-state index contributed by atoms with van der Waals surface area (Å²) in [6, 6.07) is 22.9. The van der Waals surface area contributed by atoms with Crippen LogP contribution in [0.15, 0.2) is 72.8 Å². The zero-order valence-electron chi connectivity index (χ0n) is 19.5. The third kappa shape index (κ3) is 4.91. The molecule has 0 bridgehead atoms. The van der Waals surface area contributed by atoms with E-state index in [1.165, 1.54) is 0 Å². The SMILES string of the molecule is CCC(O)c1cccc(-n2nc(C(C)(C)C)cc2NC(=O)Nc2cccc3ccccc23)c1. The Labute approximate surface area is 194 Å². The van der Waals surface area contributed by atoms with Gasteiger partial charge in [-0.05, 0) is 35.6 Å². The van der Waals surface area contributed by atoms with Gasteiger partial charge in [-0.1, -0.05) is 76.2 Å². The normalized spacial score (nSPS) is 12.5. The number of rotatable bonds is 5. The van der Waals surface area contributed by atoms with Crippen LogP contribution < -0.4 is 10.6 Å². The molecule has 6 heteroatoms. The van der Waals surface area contributed by atoms with Crippen LogP contribution in [0.4, 0.5) is 16.3 Å². The summed E-state index contributed by atoms with van der Waals surface area (Å²) in [7, 11) is 0. The molecule has 0 aliphatic rings. The van der Waals surface area contributed by atoms with E-state index in [9.17, 15) is 9.90 Å². The number of aromatic nitrogens is 2. The van der Waals surface area contributed by atoms with Crippen molar-refractivity contribution in [1.29, 1.82) is 0 Å². The second-order valence-corrected chi connectivity index (χ2v) is 9.20. The molecule has 0 aliphatic carbocycles. The highest BCUT2D eigenvalue weighted by Gasteiger charge is 2.22. The van der Waals surface area contributed by atoms with Gasteiger partial charge in [-0.3, -0.25) is 5.32 Å². The average molecular weight is 443 g/mol. The predicted molar refractivity (Wildman–Crippen MR) is 134 cm³/mol. The quantitative estimate of drug-likeness (QED) is 0.334. The third-order valence-corrected chi connectivity index (χ3v) is 5.64. The van der Waals surface area contributed by atoms with Gasteiger partial charge in [-0.25, -0.2) is 9.48 Å². The van der Waals surface area contributed by atoms with Gasteiger partial charge in [-0.2, -0.15) is 5.10 Å². The third-order valence-electron chi connectivity index (χ3n) is 5.64. The number of carbonyl (C=O) groups excluding carboxylic acids is 1. The summed E-state index contributed by atoms with van der Waals surface area (Å²) in [4.78, 5) is 13.0. The Hall–Kier alpha value is -3.64. The molecule has 3 N–H and O–H groups in total. The molecule has 0 spiro atoms. The van der Waals surface area contributed by atoms with Crippen LogP contribution in [0, 0.1) is 0 Å². The van der Waals surface area contributed by atoms with Crippen molar-refractivity contribution in [2.45, 2.75) is 45.6 Å². The highest BCUT2D eigenvalue weighted by molar-refractivity contribution is 6.06. The van der Waals surface area contributed by atoms with Crippen LogP contribution in [0.25, 0.3) is 16.5 Å². The highest BCUT2D eigenvalue weighted by Crippen LogP contribution is 2.28. The molecule has 1 heterocycles. The van der Waals surface area contributed by atoms with Gasteiger partial charge in [0, 0.05) is 16.9 Å². The molecule has 170 valence electrons. The van der Waals surface area contributed by atoms with E-state index in [4.69, 9.17) is 5.10 Å². The summed E-state index contributed by atoms with van der Waals surface area (Å²) in [6.45, 7) is 8.18. The van der Waals surface area contributed by atoms with E-state index >= 15 is 0 Å². The summed E-state index contributed by atoms with van der Waals surface area (Å²) >= 11 is 0. The first kappa shape index (κ1) is 22.6. The number of hydrogen-bond acceptors (Lipinski definition) is 3. The van der Waals surface area contributed by atoms with Gasteiger partial charge >= 0.3 is 6.03 Å². The molecule has 1 aromatic heterocycles. The molecule has 0 fully saturated rings. The van der Waals surface area contributed by atoms with E-state index in [0.29, 0.717) is 12.2 Å². The van der Waals surface area contributed by atoms with Gasteiger partial charge in [0.15, 0.2) is 0 Å². The molecule has 33 heavy (non-hydrogen) atoms. The second kappa shape index (κ2) is 9.08. The maximum atomic E-state index is 13.0. The van der Waals surface area contributed by atoms with E-state index in [1.807, 2.05) is 79.7 Å². The number of urea groups is 1. The molecule has 0 saturated carbocycles. The Bertz CT molecular complexity index is 1280. The van der Waals surface area contributed by atoms with E-state index in [-0.39, 0.29) is 11.4 Å². The van der Waals surface area contributed by atoms with Crippen molar-refractivity contribution >= 4 is 28.3 Å². The molecule has 4 aromatic rings. The minimum atomic E-state index is -0.548. The fourth-order valence-electron chi connectivity index (χ4n) is 3.74. The number of anilines is 2. The van der Waals surface area contributed by atoms with Crippen molar-refractivity contribution in [1.82, 2.24) is 9.78 Å². The van der Waals surface area contributed by atoms with Crippen LogP contribution >= 0.6 is 0 Å². The lowest BCUT2D eigenvalue weighted by molar-refractivity contribution is 0.173. The Kier molecular flexibility index (Phi) is 6.20. The van der Waals surface area contributed by atoms with Crippen LogP contribution in [0.1, 0.15) is 51.5 Å². The minimum Gasteiger partial charge on any atom is -0.388 e. The lowest BCUT2D eigenvalue weighted by atomic mass is 9.92. The van der Waals surface area contributed by atoms with E-state index < -0.39 is 6.10 Å². The van der Waals surface area contributed by atoms with Crippen LogP contribution in [0.2, 0.25) is 0 Å². The fraction of sp³-hybridized carbons (Fsp3) is 0.259. The lowest BCUT2D eigenvalue weighted by Crippen LogP contribution is -2.21. The first-order valence-corrected chi connectivity index (χ1v) is 11.2. The van der Waals surface area contributed by atoms with Crippen molar-refractivity contribution in [2.75, 3.05) is 10.6 Å². The van der Waals surface area contributed by atoms with Gasteiger partial charge in [0.05, 0.1) is 23.2 Å². The number of benzene rings is 3. The average Bonchev–Trinajstić information content (AvgIpc) is 3.23. The van der Waals surface area contributed by atoms with E-state index in [1.54, 1.807) is 4.68 Å². The van der Waals surface area contributed by atoms with Crippen LogP contribution in [-0.2, 0) is 5.41 Å². The Morgan fingerprint density at radius 1 is 1.00 bits per heavy atom. The zero-order chi connectivity index (χ0) is 23.6. The molecule has 0 aliphatic heterocycles. The van der Waals surface area contributed by atoms with Crippen molar-refractivity contribution in [2.24, 2.45) is 0 Å². The molecule has 1 atom stereocenters. The number of nitrogens with one attached hydrogen (secondary N) is 2.